The molecule has 4 saturated heterocycles. The highest BCUT2D eigenvalue weighted by Gasteiger charge is 2.67. The minimum Gasteiger partial charge on any atom is -0.397 e. The first-order chi connectivity index (χ1) is 58.8. The van der Waals surface area contributed by atoms with Crippen LogP contribution in [0.1, 0.15) is 149 Å². The van der Waals surface area contributed by atoms with E-state index in [0.29, 0.717) is 84.8 Å². The molecule has 124 heavy (non-hydrogen) atoms. The highest BCUT2D eigenvalue weighted by molar-refractivity contribution is 9.69. The molecular weight excluding hydrogens is 1800 g/mol. The first kappa shape index (κ1) is 104. The maximum absolute atomic E-state index is 11.8. The van der Waals surface area contributed by atoms with Gasteiger partial charge in [-0.15, -0.1) is 60.4 Å². The number of nitrogens with two attached hydrogens (primary N) is 4. The second kappa shape index (κ2) is 46.4. The number of anilines is 4. The van der Waals surface area contributed by atoms with Crippen LogP contribution in [0.5, 0.6) is 0 Å². The number of nitrogens with zero attached hydrogens (tertiary/aromatic N) is 12. The van der Waals surface area contributed by atoms with E-state index in [2.05, 4.69) is 161 Å². The Kier molecular flexibility index (Phi) is 39.0. The van der Waals surface area contributed by atoms with Gasteiger partial charge in [0.05, 0.1) is 75.0 Å². The lowest BCUT2D eigenvalue weighted by atomic mass is 9.74. The average molecular weight is 1920 g/mol. The summed E-state index contributed by atoms with van der Waals surface area (Å²) in [7, 11) is 0.625. The van der Waals surface area contributed by atoms with Gasteiger partial charge in [-0.25, -0.2) is 38.0 Å². The highest BCUT2D eigenvalue weighted by atomic mass is 79.9. The van der Waals surface area contributed by atoms with Gasteiger partial charge in [-0.05, 0) is 125 Å². The van der Waals surface area contributed by atoms with Crippen LogP contribution in [0.3, 0.4) is 0 Å². The van der Waals surface area contributed by atoms with Crippen LogP contribution in [0.25, 0.3) is 22.1 Å². The summed E-state index contributed by atoms with van der Waals surface area (Å²) in [5.41, 5.74) is 24.0. The van der Waals surface area contributed by atoms with E-state index in [9.17, 15) is 35.0 Å². The number of ether oxygens (including phenoxy) is 7. The highest BCUT2D eigenvalue weighted by Crippen LogP contribution is 2.57. The molecule has 11 aromatic rings. The number of fused-ring (bicyclic) bond motifs is 4. The van der Waals surface area contributed by atoms with Crippen LogP contribution < -0.4 is 22.9 Å². The minimum absolute atomic E-state index is 0. The number of nitrogen functional groups attached to an aromatic ring is 4. The molecule has 675 valence electrons. The predicted octanol–water partition coefficient (Wildman–Crippen LogP) is 13.4. The minimum atomic E-state index is -1.84. The van der Waals surface area contributed by atoms with E-state index in [1.807, 2.05) is 130 Å². The maximum Gasteiger partial charge on any atom is 0.369 e. The molecule has 0 unspecified atom stereocenters. The van der Waals surface area contributed by atoms with Crippen molar-refractivity contribution in [1.29, 1.82) is 0 Å². The van der Waals surface area contributed by atoms with Gasteiger partial charge in [-0.1, -0.05) is 160 Å². The summed E-state index contributed by atoms with van der Waals surface area (Å²) in [5, 5.41) is 87.4. The molecule has 38 heteroatoms. The number of hydrogen-bond donors (Lipinski definition) is 11. The topological polar surface area (TPSA) is 431 Å². The van der Waals surface area contributed by atoms with E-state index in [4.69, 9.17) is 70.3 Å². The number of aliphatic hydroxyl groups excluding tert-OH is 5. The first-order valence-corrected chi connectivity index (χ1v) is 42.8. The summed E-state index contributed by atoms with van der Waals surface area (Å²) in [6, 6.07) is 44.5. The van der Waals surface area contributed by atoms with Gasteiger partial charge in [0.15, 0.2) is 40.1 Å². The van der Waals surface area contributed by atoms with Crippen LogP contribution >= 0.6 is 47.3 Å². The zero-order chi connectivity index (χ0) is 91.1. The summed E-state index contributed by atoms with van der Waals surface area (Å²) in [6.07, 6.45) is 7.69. The van der Waals surface area contributed by atoms with Crippen LogP contribution in [0, 0.1) is 17.8 Å². The molecule has 0 spiro atoms. The van der Waals surface area contributed by atoms with E-state index >= 15 is 0 Å². The molecule has 0 saturated carbocycles. The molecule has 8 aromatic heterocycles. The van der Waals surface area contributed by atoms with Crippen molar-refractivity contribution in [2.24, 2.45) is 17.8 Å². The lowest BCUT2D eigenvalue weighted by molar-refractivity contribution is -0.288. The van der Waals surface area contributed by atoms with Crippen molar-refractivity contribution >= 4 is 103 Å². The van der Waals surface area contributed by atoms with Crippen molar-refractivity contribution in [1.82, 2.24) is 58.4 Å². The molecule has 15 rings (SSSR count). The number of halogens is 6. The Labute approximate surface area is 748 Å². The summed E-state index contributed by atoms with van der Waals surface area (Å²) in [4.78, 5) is 16.1. The van der Waals surface area contributed by atoms with Crippen molar-refractivity contribution in [3.8, 4) is 0 Å². The zero-order valence-corrected chi connectivity index (χ0v) is 76.0. The summed E-state index contributed by atoms with van der Waals surface area (Å²) >= 11 is 9.31. The monoisotopic (exact) mass is 1920 g/mol. The lowest BCUT2D eigenvalue weighted by Crippen LogP contribution is -2.55. The first-order valence-electron chi connectivity index (χ1n) is 40.1. The summed E-state index contributed by atoms with van der Waals surface area (Å²) in [5.74, 6) is -0.168. The van der Waals surface area contributed by atoms with Gasteiger partial charge < -0.3 is 96.2 Å². The normalized spacial score (nSPS) is 27.5. The second-order valence-corrected chi connectivity index (χ2v) is 36.4. The van der Waals surface area contributed by atoms with Gasteiger partial charge in [0.1, 0.15) is 87.7 Å². The van der Waals surface area contributed by atoms with Gasteiger partial charge in [-0.3, -0.25) is 0 Å². The van der Waals surface area contributed by atoms with Gasteiger partial charge >= 0.3 is 10.7 Å². The Morgan fingerprint density at radius 1 is 0.484 bits per heavy atom. The van der Waals surface area contributed by atoms with Crippen LogP contribution in [-0.2, 0) is 75.6 Å². The molecular formula is C86H119B2Br3F3N16O14. The Morgan fingerprint density at radius 2 is 0.782 bits per heavy atom. The third kappa shape index (κ3) is 20.7. The molecule has 0 bridgehead atoms. The number of aliphatic hydroxyl groups is 7. The average Bonchev–Trinajstić information content (AvgIpc) is 1.57. The molecule has 0 aliphatic carbocycles. The number of aromatic nitrogens is 12. The Balaban J connectivity index is 0.000000242. The van der Waals surface area contributed by atoms with Gasteiger partial charge in [0.2, 0.25) is 5.79 Å². The van der Waals surface area contributed by atoms with Crippen molar-refractivity contribution in [2.75, 3.05) is 49.4 Å². The fourth-order valence-corrected chi connectivity index (χ4v) is 16.2. The molecule has 30 nitrogen and oxygen atoms in total. The largest absolute Gasteiger partial charge is 0.397 e. The van der Waals surface area contributed by atoms with Crippen molar-refractivity contribution in [3.05, 3.63) is 230 Å². The number of rotatable bonds is 21. The molecule has 3 aromatic carbocycles. The smallest absolute Gasteiger partial charge is 0.369 e. The van der Waals surface area contributed by atoms with Crippen LogP contribution in [-0.4, -0.2) is 184 Å². The summed E-state index contributed by atoms with van der Waals surface area (Å²) in [6.45, 7) is 33.7. The van der Waals surface area contributed by atoms with Gasteiger partial charge in [0, 0.05) is 33.5 Å². The molecule has 0 amide bonds. The Hall–Kier alpha value is -8.38. The summed E-state index contributed by atoms with van der Waals surface area (Å²) < 4.78 is 78.0. The third-order valence-corrected chi connectivity index (χ3v) is 23.5. The Morgan fingerprint density at radius 3 is 1.13 bits per heavy atom. The van der Waals surface area contributed by atoms with Crippen molar-refractivity contribution in [3.63, 3.8) is 0 Å². The molecule has 4 fully saturated rings. The van der Waals surface area contributed by atoms with Crippen LogP contribution in [0.4, 0.5) is 36.7 Å². The van der Waals surface area contributed by atoms with Crippen molar-refractivity contribution in [2.45, 2.75) is 211 Å². The zero-order valence-electron chi connectivity index (χ0n) is 71.3. The fraction of sp³-hybridized carbons (Fsp3) is 0.465. The van der Waals surface area contributed by atoms with Crippen LogP contribution in [0.15, 0.2) is 191 Å². The molecule has 1 radical (unpaired) electrons. The third-order valence-electron chi connectivity index (χ3n) is 23.5. The number of benzene rings is 3. The van der Waals surface area contributed by atoms with E-state index in [1.165, 1.54) is 36.7 Å². The predicted molar refractivity (Wildman–Crippen MR) is 486 cm³/mol. The quantitative estimate of drug-likeness (QED) is 0.0235. The molecule has 4 aliphatic heterocycles. The van der Waals surface area contributed by atoms with Crippen LogP contribution in [0.2, 0.25) is 6.32 Å². The van der Waals surface area contributed by atoms with Gasteiger partial charge in [0.25, 0.3) is 0 Å². The second-order valence-electron chi connectivity index (χ2n) is 30.0. The van der Waals surface area contributed by atoms with Gasteiger partial charge in [-0.2, -0.15) is 20.4 Å². The molecule has 4 aliphatic rings. The molecule has 16 atom stereocenters. The Bertz CT molecular complexity index is 5090. The lowest BCUT2D eigenvalue weighted by Gasteiger charge is -2.42. The van der Waals surface area contributed by atoms with E-state index in [0.717, 1.165) is 47.2 Å². The van der Waals surface area contributed by atoms with E-state index < -0.39 is 70.4 Å². The number of hydrogen-bond acceptors (Lipinski definition) is 26. The SMILES string of the molecule is BrB(Br)Br.C.C=C.C=C[C@@]1(c2ccc3c(N)ncnn23)O[C@H](CC)[C@@H](C)[C@@]1(C)OCc1ccccc1.CCO.CC[B]F.CC[C@H]1O[C@@](CO)(c2ccc3c(N)ncnn23)[C@](C)(OCc2ccccc2)[C@@H]1C.CC[C@H]1O[C@@](O)(c2ccc3c(N)ncnn23)[C@](C)(OCc2ccccc2)[C@@H]1C.C[C@@]1(O)[C@H](O)[C@@H](CO)O[C@@]1(CO)c1ccc2c(N)ncnn12.FF. The standard InChI is InChI=1S/C23H28N4O2.C22H28N4O3.C21H26N4O3.C13H18N4O5.C2H5BF.C2H6O.C2H4.CH4.BBr3.F2/c1-5-19-16(3)22(4,28-14-17-10-8-7-9-11-17)23(6-2,29-19)20-13-12-18-21(24)25-15-26-27(18)20;1-4-18-15(2)21(3,28-12-16-8-6-5-7-9-16)22(13-27,29-18)19-11-10-17-20(23)24-14-25-26(17)19;1-4-17-14(2)20(3,27-12-15-8-6-5-7-9-15)21(26,28-17)18-11-10-16-19(22)23-13-24-25(16)18;1-12(21)10(20)8(4-18)22-13(12,5-19)9-3-2-7-11(14)15-6-16-17(7)9;1-2-3-4;1-2-3;1-2;;2-1(3)4;1-2/h6-13,15-16,19H,2,5,14H2,1,3-4H3,(H2,24,25,26);5-11,14-15,18,27H,4,12-13H2,1-3H3,(H2,23,24,25);5-11,13-14,17,26H,4,12H2,1-3H3,(H2,22,23,24);2-3,6,8,10,18-21H,4-5H2,1H3,(H2,14,15,16);2H2,1H3;3H,2H2,1H3;1-2H2;1H4;;/t16-,19-,22-,23+;15-,18-,21-,22+;14-,17-,20-,21+;8-,10-,12-,13+;;;;;;/m1111....../s1. The van der Waals surface area contributed by atoms with E-state index in [1.54, 1.807) is 51.7 Å². The van der Waals surface area contributed by atoms with Crippen molar-refractivity contribution < 1.29 is 82.4 Å². The molecule has 15 N–H and O–H groups in total. The molecule has 12 heterocycles. The van der Waals surface area contributed by atoms with E-state index in [-0.39, 0.29) is 65.7 Å². The fourth-order valence-electron chi connectivity index (χ4n) is 16.2. The maximum atomic E-state index is 11.8.